The second-order valence-corrected chi connectivity index (χ2v) is 4.36. The molecule has 0 saturated heterocycles. The van der Waals surface area contributed by atoms with Crippen molar-refractivity contribution in [3.63, 3.8) is 0 Å². The Balaban J connectivity index is 0.000000791. The maximum Gasteiger partial charge on any atom is 0.123 e. The molecule has 0 bridgehead atoms. The van der Waals surface area contributed by atoms with Crippen molar-refractivity contribution in [1.82, 2.24) is 0 Å². The smallest absolute Gasteiger partial charge is 0.123 e. The Hall–Kier alpha value is -0.370. The fraction of sp³-hybridized carbons (Fsp3) is 0.917. The largest absolute Gasteiger partial charge is 0.400 e. The van der Waals surface area contributed by atoms with Gasteiger partial charge in [-0.15, -0.1) is 0 Å². The maximum absolute atomic E-state index is 10.8. The lowest BCUT2D eigenvalue weighted by atomic mass is 9.76. The zero-order chi connectivity index (χ0) is 11.0. The summed E-state index contributed by atoms with van der Waals surface area (Å²) >= 11 is 0. The molecule has 0 aromatic rings. The van der Waals surface area contributed by atoms with Crippen LogP contribution in [-0.2, 0) is 4.79 Å². The summed E-state index contributed by atoms with van der Waals surface area (Å²) in [5.74, 6) is 1.55. The summed E-state index contributed by atoms with van der Waals surface area (Å²) in [6.45, 7) is 4.32. The number of rotatable bonds is 3. The van der Waals surface area contributed by atoms with Crippen LogP contribution in [0.2, 0.25) is 0 Å². The average Bonchev–Trinajstić information content (AvgIpc) is 2.23. The molecule has 1 saturated carbocycles. The van der Waals surface area contributed by atoms with Gasteiger partial charge in [0.1, 0.15) is 6.29 Å². The predicted molar refractivity (Wildman–Crippen MR) is 59.1 cm³/mol. The molecule has 1 atom stereocenters. The van der Waals surface area contributed by atoms with Crippen molar-refractivity contribution < 1.29 is 9.90 Å². The lowest BCUT2D eigenvalue weighted by molar-refractivity contribution is -0.114. The van der Waals surface area contributed by atoms with E-state index < -0.39 is 0 Å². The molecule has 0 aliphatic heterocycles. The molecular formula is C12H24O2. The molecule has 0 heterocycles. The molecule has 1 aliphatic rings. The van der Waals surface area contributed by atoms with E-state index in [2.05, 4.69) is 13.8 Å². The first-order valence-corrected chi connectivity index (χ1v) is 5.65. The lowest BCUT2D eigenvalue weighted by Crippen LogP contribution is -2.23. The maximum atomic E-state index is 10.8. The molecule has 2 nitrogen and oxygen atoms in total. The molecule has 1 rings (SSSR count). The fourth-order valence-electron chi connectivity index (χ4n) is 2.33. The molecular weight excluding hydrogens is 176 g/mol. The fourth-order valence-corrected chi connectivity index (χ4v) is 2.33. The van der Waals surface area contributed by atoms with Crippen molar-refractivity contribution in [3.05, 3.63) is 0 Å². The van der Waals surface area contributed by atoms with Crippen LogP contribution in [0.15, 0.2) is 0 Å². The number of hydrogen-bond acceptors (Lipinski definition) is 2. The number of carbonyl (C=O) groups is 1. The molecule has 0 amide bonds. The quantitative estimate of drug-likeness (QED) is 0.711. The first kappa shape index (κ1) is 13.6. The lowest BCUT2D eigenvalue weighted by Gasteiger charge is -2.28. The molecule has 0 aromatic carbocycles. The van der Waals surface area contributed by atoms with Crippen LogP contribution in [-0.4, -0.2) is 18.5 Å². The molecule has 0 aromatic heterocycles. The highest BCUT2D eigenvalue weighted by atomic mass is 16.2. The minimum absolute atomic E-state index is 0.324. The Bertz CT molecular complexity index is 137. The van der Waals surface area contributed by atoms with Gasteiger partial charge in [0.05, 0.1) is 0 Å². The van der Waals surface area contributed by atoms with Crippen molar-refractivity contribution in [2.75, 3.05) is 7.11 Å². The van der Waals surface area contributed by atoms with Gasteiger partial charge in [0.2, 0.25) is 0 Å². The first-order chi connectivity index (χ1) is 6.75. The van der Waals surface area contributed by atoms with Gasteiger partial charge in [0, 0.05) is 13.0 Å². The highest BCUT2D eigenvalue weighted by molar-refractivity contribution is 5.54. The predicted octanol–water partition coefficient (Wildman–Crippen LogP) is 2.65. The normalized spacial score (nSPS) is 19.8. The number of aliphatic hydroxyl groups is 1. The summed E-state index contributed by atoms with van der Waals surface area (Å²) in [5.41, 5.74) is 0. The molecule has 1 unspecified atom stereocenters. The third-order valence-electron chi connectivity index (χ3n) is 3.12. The summed E-state index contributed by atoms with van der Waals surface area (Å²) in [4.78, 5) is 10.8. The Morgan fingerprint density at radius 3 is 2.00 bits per heavy atom. The Kier molecular flexibility index (Phi) is 7.77. The van der Waals surface area contributed by atoms with E-state index in [0.717, 1.165) is 7.11 Å². The minimum Gasteiger partial charge on any atom is -0.400 e. The summed E-state index contributed by atoms with van der Waals surface area (Å²) in [6.07, 6.45) is 7.79. The van der Waals surface area contributed by atoms with Crippen LogP contribution in [0.1, 0.15) is 46.0 Å². The van der Waals surface area contributed by atoms with E-state index in [4.69, 9.17) is 5.11 Å². The summed E-state index contributed by atoms with van der Waals surface area (Å²) < 4.78 is 0. The second-order valence-electron chi connectivity index (χ2n) is 4.36. The Morgan fingerprint density at radius 1 is 1.14 bits per heavy atom. The van der Waals surface area contributed by atoms with Crippen molar-refractivity contribution in [1.29, 1.82) is 0 Å². The van der Waals surface area contributed by atoms with Crippen molar-refractivity contribution >= 4 is 6.29 Å². The van der Waals surface area contributed by atoms with E-state index in [9.17, 15) is 4.79 Å². The molecule has 1 fully saturated rings. The minimum atomic E-state index is 0.324. The highest BCUT2D eigenvalue weighted by Gasteiger charge is 2.25. The van der Waals surface area contributed by atoms with Gasteiger partial charge in [-0.2, -0.15) is 0 Å². The van der Waals surface area contributed by atoms with Crippen LogP contribution in [0.3, 0.4) is 0 Å². The van der Waals surface area contributed by atoms with Gasteiger partial charge in [0.25, 0.3) is 0 Å². The van der Waals surface area contributed by atoms with Gasteiger partial charge in [-0.25, -0.2) is 0 Å². The van der Waals surface area contributed by atoms with Crippen LogP contribution < -0.4 is 0 Å². The third kappa shape index (κ3) is 4.23. The molecule has 1 aliphatic carbocycles. The number of aliphatic hydroxyl groups excluding tert-OH is 1. The van der Waals surface area contributed by atoms with Gasteiger partial charge in [-0.3, -0.25) is 0 Å². The van der Waals surface area contributed by atoms with Gasteiger partial charge in [-0.05, 0) is 24.7 Å². The summed E-state index contributed by atoms with van der Waals surface area (Å²) in [6, 6.07) is 0. The standard InChI is InChI=1S/C11H20O.CH4O/c1-9(2)11(8-12)10-6-4-3-5-7-10;1-2/h8-11H,3-7H2,1-2H3;2H,1H3. The zero-order valence-corrected chi connectivity index (χ0v) is 9.70. The third-order valence-corrected chi connectivity index (χ3v) is 3.12. The average molecular weight is 200 g/mol. The van der Waals surface area contributed by atoms with E-state index in [1.807, 2.05) is 0 Å². The van der Waals surface area contributed by atoms with E-state index in [1.165, 1.54) is 38.4 Å². The molecule has 14 heavy (non-hydrogen) atoms. The van der Waals surface area contributed by atoms with Crippen LogP contribution in [0.5, 0.6) is 0 Å². The number of hydrogen-bond donors (Lipinski definition) is 1. The van der Waals surface area contributed by atoms with Gasteiger partial charge in [0.15, 0.2) is 0 Å². The monoisotopic (exact) mass is 200 g/mol. The Labute approximate surface area is 87.7 Å². The molecule has 0 radical (unpaired) electrons. The SMILES string of the molecule is CC(C)C(C=O)C1CCCCC1.CO. The van der Waals surface area contributed by atoms with Gasteiger partial charge < -0.3 is 9.90 Å². The van der Waals surface area contributed by atoms with E-state index in [-0.39, 0.29) is 0 Å². The van der Waals surface area contributed by atoms with E-state index in [0.29, 0.717) is 17.8 Å². The van der Waals surface area contributed by atoms with Crippen LogP contribution in [0.4, 0.5) is 0 Å². The van der Waals surface area contributed by atoms with Crippen LogP contribution >= 0.6 is 0 Å². The van der Waals surface area contributed by atoms with Crippen LogP contribution in [0, 0.1) is 17.8 Å². The molecule has 1 N–H and O–H groups in total. The topological polar surface area (TPSA) is 37.3 Å². The van der Waals surface area contributed by atoms with Gasteiger partial charge in [-0.1, -0.05) is 33.1 Å². The number of carbonyl (C=O) groups excluding carboxylic acids is 1. The summed E-state index contributed by atoms with van der Waals surface area (Å²) in [5, 5.41) is 7.00. The molecule has 2 heteroatoms. The van der Waals surface area contributed by atoms with Crippen molar-refractivity contribution in [3.8, 4) is 0 Å². The summed E-state index contributed by atoms with van der Waals surface area (Å²) in [7, 11) is 1.00. The highest BCUT2D eigenvalue weighted by Crippen LogP contribution is 2.32. The van der Waals surface area contributed by atoms with Crippen molar-refractivity contribution in [2.24, 2.45) is 17.8 Å². The van der Waals surface area contributed by atoms with Crippen molar-refractivity contribution in [2.45, 2.75) is 46.0 Å². The van der Waals surface area contributed by atoms with Crippen LogP contribution in [0.25, 0.3) is 0 Å². The Morgan fingerprint density at radius 2 is 1.64 bits per heavy atom. The molecule has 84 valence electrons. The number of aldehydes is 1. The van der Waals surface area contributed by atoms with E-state index in [1.54, 1.807) is 0 Å². The molecule has 0 spiro atoms. The van der Waals surface area contributed by atoms with Gasteiger partial charge >= 0.3 is 0 Å². The zero-order valence-electron chi connectivity index (χ0n) is 9.70. The second kappa shape index (κ2) is 7.98. The van der Waals surface area contributed by atoms with E-state index >= 15 is 0 Å². The first-order valence-electron chi connectivity index (χ1n) is 5.65.